The molecule has 0 bridgehead atoms. The molecule has 0 saturated carbocycles. The van der Waals surface area contributed by atoms with Crippen LogP contribution >= 0.6 is 0 Å². The third kappa shape index (κ3) is 6.50. The molecule has 0 saturated heterocycles. The minimum Gasteiger partial charge on any atom is -0.496 e. The Labute approximate surface area is 322 Å². The highest BCUT2D eigenvalue weighted by atomic mass is 16.5. The molecule has 0 spiro atoms. The highest BCUT2D eigenvalue weighted by molar-refractivity contribution is 6.14. The van der Waals surface area contributed by atoms with Gasteiger partial charge in [-0.3, -0.25) is 9.98 Å². The number of anilines is 2. The number of fused-ring (bicyclic) bond motifs is 6. The van der Waals surface area contributed by atoms with E-state index in [0.717, 1.165) is 113 Å². The lowest BCUT2D eigenvalue weighted by Crippen LogP contribution is -2.05. The Balaban J connectivity index is 0.00000210. The van der Waals surface area contributed by atoms with Crippen LogP contribution in [0.5, 0.6) is 11.5 Å². The number of aliphatic imine (C=N–C) groups is 1. The number of rotatable bonds is 7. The third-order valence-electron chi connectivity index (χ3n) is 10.3. The number of nitrogens with zero attached hydrogens (tertiary/aromatic N) is 2. The molecule has 0 amide bonds. The maximum atomic E-state index is 6.05. The van der Waals surface area contributed by atoms with E-state index < -0.39 is 0 Å². The summed E-state index contributed by atoms with van der Waals surface area (Å²) in [5.41, 5.74) is 12.7. The van der Waals surface area contributed by atoms with Gasteiger partial charge in [0, 0.05) is 47.6 Å². The Bertz CT molecular complexity index is 2720. The number of ether oxygens (including phenoxy) is 2. The van der Waals surface area contributed by atoms with Crippen molar-refractivity contribution in [1.82, 2.24) is 4.98 Å². The van der Waals surface area contributed by atoms with E-state index in [9.17, 15) is 0 Å². The molecular weight excluding hydrogens is 677 g/mol. The summed E-state index contributed by atoms with van der Waals surface area (Å²) in [4.78, 5) is 9.84. The predicted molar refractivity (Wildman–Crippen MR) is 235 cm³/mol. The summed E-state index contributed by atoms with van der Waals surface area (Å²) in [6.07, 6.45) is 14.6. The zero-order valence-electron chi connectivity index (χ0n) is 31.9. The van der Waals surface area contributed by atoms with Crippen LogP contribution in [0.4, 0.5) is 17.1 Å². The maximum Gasteiger partial charge on any atom is 0.127 e. The molecular formula is C49H44N4O2. The number of hydrogen-bond acceptors (Lipinski definition) is 6. The number of aromatic nitrogens is 1. The summed E-state index contributed by atoms with van der Waals surface area (Å²) >= 11 is 0. The van der Waals surface area contributed by atoms with E-state index >= 15 is 0 Å². The number of pyridine rings is 1. The van der Waals surface area contributed by atoms with Gasteiger partial charge in [0.05, 0.1) is 36.8 Å². The molecule has 7 aromatic rings. The van der Waals surface area contributed by atoms with Crippen molar-refractivity contribution in [3.63, 3.8) is 0 Å². The average Bonchev–Trinajstić information content (AvgIpc) is 3.26. The van der Waals surface area contributed by atoms with Crippen molar-refractivity contribution in [3.05, 3.63) is 138 Å². The van der Waals surface area contributed by atoms with E-state index in [0.29, 0.717) is 0 Å². The standard InChI is InChI=1S/C47H38N4O2.C2H6/c1-4-29(27-50-40-11-5-8-30-9-6-22-48-45(30)40)32-14-18-38-34(24-32)16-20-41(52-2)43(38)44-39-19-15-33(25-35(39)17-21-42(44)53-3)37-26-36-13-12-31-10-7-23-49-46(31)47(36)51-28-37;1-2/h4-21,24-28,48-49H,22-23H2,1-3H3;1-2H3/b29-4+,50-27?;. The fourth-order valence-electron chi connectivity index (χ4n) is 7.68. The molecule has 3 heterocycles. The Kier molecular flexibility index (Phi) is 9.88. The summed E-state index contributed by atoms with van der Waals surface area (Å²) in [6, 6.07) is 34.3. The topological polar surface area (TPSA) is 67.8 Å². The van der Waals surface area contributed by atoms with Crippen molar-refractivity contribution in [2.24, 2.45) is 4.99 Å². The van der Waals surface area contributed by atoms with E-state index in [1.165, 1.54) is 5.56 Å². The molecule has 6 heteroatoms. The quantitative estimate of drug-likeness (QED) is 0.160. The molecule has 2 aliphatic rings. The van der Waals surface area contributed by atoms with Crippen molar-refractivity contribution in [1.29, 1.82) is 0 Å². The predicted octanol–water partition coefficient (Wildman–Crippen LogP) is 12.6. The van der Waals surface area contributed by atoms with Gasteiger partial charge in [-0.2, -0.15) is 0 Å². The van der Waals surface area contributed by atoms with Crippen LogP contribution in [0.2, 0.25) is 0 Å². The number of allylic oxidation sites excluding steroid dienone is 2. The Morgan fingerprint density at radius 1 is 0.673 bits per heavy atom. The molecule has 1 aromatic heterocycles. The first-order valence-electron chi connectivity index (χ1n) is 18.9. The molecule has 0 radical (unpaired) electrons. The zero-order valence-corrected chi connectivity index (χ0v) is 31.9. The molecule has 0 aliphatic carbocycles. The number of benzene rings is 6. The van der Waals surface area contributed by atoms with Crippen LogP contribution in [0.3, 0.4) is 0 Å². The minimum atomic E-state index is 0.786. The number of hydrogen-bond donors (Lipinski definition) is 2. The van der Waals surface area contributed by atoms with Gasteiger partial charge in [0.2, 0.25) is 0 Å². The van der Waals surface area contributed by atoms with Gasteiger partial charge < -0.3 is 20.1 Å². The first-order chi connectivity index (χ1) is 27.1. The molecule has 0 atom stereocenters. The fraction of sp³-hybridized carbons (Fsp3) is 0.143. The summed E-state index contributed by atoms with van der Waals surface area (Å²) in [6.45, 7) is 7.67. The number of methoxy groups -OCH3 is 2. The number of nitrogens with one attached hydrogen (secondary N) is 2. The van der Waals surface area contributed by atoms with E-state index in [1.807, 2.05) is 32.3 Å². The Morgan fingerprint density at radius 2 is 1.31 bits per heavy atom. The molecule has 6 aromatic carbocycles. The molecule has 2 N–H and O–H groups in total. The van der Waals surface area contributed by atoms with Crippen LogP contribution in [0.25, 0.3) is 72.4 Å². The first-order valence-corrected chi connectivity index (χ1v) is 18.9. The summed E-state index contributed by atoms with van der Waals surface area (Å²) in [7, 11) is 3.46. The van der Waals surface area contributed by atoms with Gasteiger partial charge in [-0.05, 0) is 92.7 Å². The second-order valence-corrected chi connectivity index (χ2v) is 13.3. The molecule has 6 nitrogen and oxygen atoms in total. The fourth-order valence-corrected chi connectivity index (χ4v) is 7.68. The van der Waals surface area contributed by atoms with Crippen molar-refractivity contribution in [2.75, 3.05) is 37.9 Å². The van der Waals surface area contributed by atoms with Crippen LogP contribution in [0, 0.1) is 0 Å². The lowest BCUT2D eigenvalue weighted by Gasteiger charge is -2.19. The lowest BCUT2D eigenvalue weighted by molar-refractivity contribution is 0.411. The van der Waals surface area contributed by atoms with Gasteiger partial charge >= 0.3 is 0 Å². The van der Waals surface area contributed by atoms with Crippen molar-refractivity contribution in [2.45, 2.75) is 20.8 Å². The molecule has 2 aliphatic heterocycles. The van der Waals surface area contributed by atoms with Crippen LogP contribution in [0.15, 0.2) is 126 Å². The van der Waals surface area contributed by atoms with E-state index in [-0.39, 0.29) is 0 Å². The van der Waals surface area contributed by atoms with Crippen molar-refractivity contribution in [3.8, 4) is 33.8 Å². The summed E-state index contributed by atoms with van der Waals surface area (Å²) < 4.78 is 12.1. The molecule has 0 unspecified atom stereocenters. The van der Waals surface area contributed by atoms with E-state index in [1.54, 1.807) is 14.2 Å². The second-order valence-electron chi connectivity index (χ2n) is 13.3. The third-order valence-corrected chi connectivity index (χ3v) is 10.3. The lowest BCUT2D eigenvalue weighted by atomic mass is 9.90. The highest BCUT2D eigenvalue weighted by Crippen LogP contribution is 2.46. The molecule has 9 rings (SSSR count). The average molecular weight is 721 g/mol. The second kappa shape index (κ2) is 15.4. The van der Waals surface area contributed by atoms with Gasteiger partial charge in [0.15, 0.2) is 0 Å². The largest absolute Gasteiger partial charge is 0.496 e. The van der Waals surface area contributed by atoms with Crippen LogP contribution in [-0.2, 0) is 0 Å². The van der Waals surface area contributed by atoms with Crippen LogP contribution in [0.1, 0.15) is 37.5 Å². The minimum absolute atomic E-state index is 0.786. The summed E-state index contributed by atoms with van der Waals surface area (Å²) in [5.74, 6) is 1.57. The number of para-hydroxylation sites is 1. The highest BCUT2D eigenvalue weighted by Gasteiger charge is 2.20. The van der Waals surface area contributed by atoms with Gasteiger partial charge in [-0.1, -0.05) is 105 Å². The van der Waals surface area contributed by atoms with Gasteiger partial charge in [-0.15, -0.1) is 0 Å². The van der Waals surface area contributed by atoms with Gasteiger partial charge in [0.25, 0.3) is 0 Å². The van der Waals surface area contributed by atoms with Crippen molar-refractivity contribution < 1.29 is 9.47 Å². The van der Waals surface area contributed by atoms with Crippen LogP contribution < -0.4 is 20.1 Å². The van der Waals surface area contributed by atoms with E-state index in [4.69, 9.17) is 19.5 Å². The monoisotopic (exact) mass is 720 g/mol. The Morgan fingerprint density at radius 3 is 2.02 bits per heavy atom. The van der Waals surface area contributed by atoms with Crippen molar-refractivity contribution >= 4 is 73.4 Å². The van der Waals surface area contributed by atoms with Gasteiger partial charge in [0.1, 0.15) is 11.5 Å². The van der Waals surface area contributed by atoms with Gasteiger partial charge in [-0.25, -0.2) is 0 Å². The SMILES string of the molecule is C/C=C(\C=Nc1cccc2c1NCC=C2)c1ccc2c(-c3c(OC)ccc4cc(-c5cnc6c7c(ccc6c5)C=CCN7)ccc34)c(OC)ccc2c1.CC. The first kappa shape index (κ1) is 35.4. The zero-order chi connectivity index (χ0) is 37.9. The smallest absolute Gasteiger partial charge is 0.127 e. The normalized spacial score (nSPS) is 13.2. The molecule has 0 fully saturated rings. The van der Waals surface area contributed by atoms with E-state index in [2.05, 4.69) is 139 Å². The molecule has 272 valence electrons. The summed E-state index contributed by atoms with van der Waals surface area (Å²) in [5, 5.41) is 12.4. The maximum absolute atomic E-state index is 6.05. The Hall–Kier alpha value is -6.66. The molecule has 55 heavy (non-hydrogen) atoms. The van der Waals surface area contributed by atoms with Crippen LogP contribution in [-0.4, -0.2) is 38.5 Å².